The molecule has 1 aromatic heterocycles. The third-order valence-electron chi connectivity index (χ3n) is 5.38. The van der Waals surface area contributed by atoms with E-state index in [0.717, 1.165) is 24.0 Å². The van der Waals surface area contributed by atoms with Gasteiger partial charge in [-0.3, -0.25) is 9.69 Å². The van der Waals surface area contributed by atoms with Gasteiger partial charge >= 0.3 is 6.03 Å². The van der Waals surface area contributed by atoms with Crippen molar-refractivity contribution in [2.75, 3.05) is 44.8 Å². The highest BCUT2D eigenvalue weighted by atomic mass is 19.1. The van der Waals surface area contributed by atoms with Crippen LogP contribution in [0.1, 0.15) is 12.8 Å². The molecule has 1 aromatic carbocycles. The van der Waals surface area contributed by atoms with Crippen LogP contribution in [0.3, 0.4) is 0 Å². The second-order valence-corrected chi connectivity index (χ2v) is 7.03. The smallest absolute Gasteiger partial charge is 0.327 e. The van der Waals surface area contributed by atoms with Crippen LogP contribution < -0.4 is 4.90 Å². The lowest BCUT2D eigenvalue weighted by molar-refractivity contribution is -0.125. The number of urea groups is 1. The van der Waals surface area contributed by atoms with Crippen LogP contribution >= 0.6 is 0 Å². The van der Waals surface area contributed by atoms with E-state index in [4.69, 9.17) is 4.74 Å². The number of methoxy groups -OCH3 is 1. The molecule has 8 nitrogen and oxygen atoms in total. The van der Waals surface area contributed by atoms with E-state index in [1.54, 1.807) is 18.1 Å². The van der Waals surface area contributed by atoms with Crippen LogP contribution in [-0.4, -0.2) is 77.6 Å². The molecule has 0 bridgehead atoms. The molecule has 0 N–H and O–H groups in total. The largest absolute Gasteiger partial charge is 0.383 e. The number of imide groups is 1. The van der Waals surface area contributed by atoms with Crippen molar-refractivity contribution in [3.8, 4) is 0 Å². The molecule has 0 unspecified atom stereocenters. The number of anilines is 1. The minimum absolute atomic E-state index is 0.0193. The molecule has 0 atom stereocenters. The molecular formula is C19H22FN5O3. The van der Waals surface area contributed by atoms with Gasteiger partial charge in [0.1, 0.15) is 24.5 Å². The van der Waals surface area contributed by atoms with Crippen LogP contribution in [0.25, 0.3) is 10.9 Å². The first-order chi connectivity index (χ1) is 13.6. The molecule has 3 amide bonds. The Morgan fingerprint density at radius 3 is 2.75 bits per heavy atom. The van der Waals surface area contributed by atoms with Crippen LogP contribution in [0.15, 0.2) is 24.5 Å². The summed E-state index contributed by atoms with van der Waals surface area (Å²) < 4.78 is 18.4. The lowest BCUT2D eigenvalue weighted by Gasteiger charge is -2.37. The quantitative estimate of drug-likeness (QED) is 0.726. The van der Waals surface area contributed by atoms with Gasteiger partial charge in [0.15, 0.2) is 0 Å². The Bertz CT molecular complexity index is 900. The summed E-state index contributed by atoms with van der Waals surface area (Å²) in [5.41, 5.74) is 0.571. The van der Waals surface area contributed by atoms with Gasteiger partial charge in [0.05, 0.1) is 18.7 Å². The first-order valence-corrected chi connectivity index (χ1v) is 9.33. The molecule has 0 spiro atoms. The van der Waals surface area contributed by atoms with E-state index < -0.39 is 0 Å². The summed E-state index contributed by atoms with van der Waals surface area (Å²) in [6, 6.07) is 4.29. The van der Waals surface area contributed by atoms with Crippen LogP contribution in [0.5, 0.6) is 0 Å². The third kappa shape index (κ3) is 3.37. The summed E-state index contributed by atoms with van der Waals surface area (Å²) >= 11 is 0. The average Bonchev–Trinajstić information content (AvgIpc) is 2.99. The number of rotatable bonds is 5. The van der Waals surface area contributed by atoms with Crippen LogP contribution in [0.2, 0.25) is 0 Å². The van der Waals surface area contributed by atoms with Gasteiger partial charge in [-0.05, 0) is 25.0 Å². The Hall–Kier alpha value is -2.81. The second kappa shape index (κ2) is 7.67. The Morgan fingerprint density at radius 1 is 1.21 bits per heavy atom. The molecular weight excluding hydrogens is 365 g/mol. The van der Waals surface area contributed by atoms with Crippen LogP contribution in [0.4, 0.5) is 15.0 Å². The summed E-state index contributed by atoms with van der Waals surface area (Å²) in [7, 11) is 1.55. The van der Waals surface area contributed by atoms with E-state index >= 15 is 0 Å². The maximum atomic E-state index is 13.5. The van der Waals surface area contributed by atoms with Crippen LogP contribution in [-0.2, 0) is 9.53 Å². The molecule has 9 heteroatoms. The van der Waals surface area contributed by atoms with E-state index in [1.165, 1.54) is 23.4 Å². The fraction of sp³-hybridized carbons (Fsp3) is 0.474. The highest BCUT2D eigenvalue weighted by molar-refractivity contribution is 6.02. The number of piperidine rings is 1. The third-order valence-corrected chi connectivity index (χ3v) is 5.38. The maximum absolute atomic E-state index is 13.5. The molecule has 2 saturated heterocycles. The Kier molecular flexibility index (Phi) is 5.08. The second-order valence-electron chi connectivity index (χ2n) is 7.03. The minimum atomic E-state index is -0.328. The fourth-order valence-corrected chi connectivity index (χ4v) is 3.91. The number of hydrogen-bond donors (Lipinski definition) is 0. The summed E-state index contributed by atoms with van der Waals surface area (Å²) in [6.45, 7) is 2.15. The monoisotopic (exact) mass is 387 g/mol. The number of benzene rings is 1. The van der Waals surface area contributed by atoms with E-state index in [2.05, 4.69) is 14.9 Å². The average molecular weight is 387 g/mol. The van der Waals surface area contributed by atoms with E-state index in [9.17, 15) is 14.0 Å². The molecule has 2 aromatic rings. The van der Waals surface area contributed by atoms with Gasteiger partial charge in [-0.25, -0.2) is 19.2 Å². The summed E-state index contributed by atoms with van der Waals surface area (Å²) in [5.74, 6) is 0.272. The number of hydrogen-bond acceptors (Lipinski definition) is 6. The van der Waals surface area contributed by atoms with Crippen molar-refractivity contribution >= 4 is 28.7 Å². The molecule has 0 radical (unpaired) electrons. The van der Waals surface area contributed by atoms with E-state index in [0.29, 0.717) is 25.2 Å². The predicted molar refractivity (Wildman–Crippen MR) is 100 cm³/mol. The van der Waals surface area contributed by atoms with Gasteiger partial charge < -0.3 is 14.5 Å². The van der Waals surface area contributed by atoms with E-state index in [1.807, 2.05) is 0 Å². The number of carbonyl (C=O) groups excluding carboxylic acids is 2. The molecule has 0 aliphatic carbocycles. The first-order valence-electron chi connectivity index (χ1n) is 9.33. The van der Waals surface area contributed by atoms with Crippen molar-refractivity contribution < 1.29 is 18.7 Å². The molecule has 2 fully saturated rings. The zero-order valence-corrected chi connectivity index (χ0v) is 15.7. The molecule has 148 valence electrons. The van der Waals surface area contributed by atoms with Crippen molar-refractivity contribution in [3.05, 3.63) is 30.3 Å². The predicted octanol–water partition coefficient (Wildman–Crippen LogP) is 1.65. The standard InChI is InChI=1S/C19H22FN5O3/c1-28-9-8-24-17(26)11-25(19(24)27)14-4-6-23(7-5-14)18-15-3-2-13(20)10-16(15)21-12-22-18/h2-3,10,12,14H,4-9,11H2,1H3. The number of ether oxygens (including phenoxy) is 1. The number of halogens is 1. The molecule has 0 saturated carbocycles. The van der Waals surface area contributed by atoms with Gasteiger partial charge in [-0.2, -0.15) is 0 Å². The molecule has 2 aliphatic rings. The lowest BCUT2D eigenvalue weighted by atomic mass is 10.0. The Morgan fingerprint density at radius 2 is 2.00 bits per heavy atom. The maximum Gasteiger partial charge on any atom is 0.327 e. The van der Waals surface area contributed by atoms with Gasteiger partial charge in [-0.15, -0.1) is 0 Å². The number of amides is 3. The lowest BCUT2D eigenvalue weighted by Crippen LogP contribution is -2.47. The van der Waals surface area contributed by atoms with Crippen molar-refractivity contribution in [1.29, 1.82) is 0 Å². The number of nitrogens with zero attached hydrogens (tertiary/aromatic N) is 5. The zero-order chi connectivity index (χ0) is 19.7. The highest BCUT2D eigenvalue weighted by Crippen LogP contribution is 2.28. The zero-order valence-electron chi connectivity index (χ0n) is 15.7. The Balaban J connectivity index is 1.44. The SMILES string of the molecule is COCCN1C(=O)CN(C2CCN(c3ncnc4cc(F)ccc34)CC2)C1=O. The normalized spacial score (nSPS) is 18.6. The van der Waals surface area contributed by atoms with Gasteiger partial charge in [0.25, 0.3) is 0 Å². The van der Waals surface area contributed by atoms with Crippen molar-refractivity contribution in [2.24, 2.45) is 0 Å². The van der Waals surface area contributed by atoms with Crippen molar-refractivity contribution in [2.45, 2.75) is 18.9 Å². The topological polar surface area (TPSA) is 78.9 Å². The summed E-state index contributed by atoms with van der Waals surface area (Å²) in [6.07, 6.45) is 2.92. The Labute approximate surface area is 161 Å². The summed E-state index contributed by atoms with van der Waals surface area (Å²) in [5, 5.41) is 0.806. The number of fused-ring (bicyclic) bond motifs is 1. The van der Waals surface area contributed by atoms with Crippen molar-refractivity contribution in [3.63, 3.8) is 0 Å². The first kappa shape index (κ1) is 18.5. The number of carbonyl (C=O) groups is 2. The molecule has 28 heavy (non-hydrogen) atoms. The highest BCUT2D eigenvalue weighted by Gasteiger charge is 2.40. The molecule has 2 aliphatic heterocycles. The fourth-order valence-electron chi connectivity index (χ4n) is 3.91. The van der Waals surface area contributed by atoms with E-state index in [-0.39, 0.29) is 36.9 Å². The van der Waals surface area contributed by atoms with Crippen LogP contribution in [0, 0.1) is 5.82 Å². The van der Waals surface area contributed by atoms with Gasteiger partial charge in [-0.1, -0.05) is 0 Å². The molecule has 3 heterocycles. The van der Waals surface area contributed by atoms with Gasteiger partial charge in [0.2, 0.25) is 5.91 Å². The number of aromatic nitrogens is 2. The van der Waals surface area contributed by atoms with Gasteiger partial charge in [0, 0.05) is 37.7 Å². The minimum Gasteiger partial charge on any atom is -0.383 e. The molecule has 4 rings (SSSR count). The summed E-state index contributed by atoms with van der Waals surface area (Å²) in [4.78, 5) is 38.3. The van der Waals surface area contributed by atoms with Crippen molar-refractivity contribution in [1.82, 2.24) is 19.8 Å².